The predicted octanol–water partition coefficient (Wildman–Crippen LogP) is 22.8. The summed E-state index contributed by atoms with van der Waals surface area (Å²) in [4.78, 5) is 133. The van der Waals surface area contributed by atoms with E-state index < -0.39 is 0 Å². The normalized spacial score (nSPS) is 11.2. The van der Waals surface area contributed by atoms with Gasteiger partial charge in [-0.25, -0.2) is 0 Å². The third-order valence-corrected chi connectivity index (χ3v) is 23.6. The molecule has 0 aliphatic rings. The molecule has 0 unspecified atom stereocenters. The first kappa shape index (κ1) is 137. The predicted molar refractivity (Wildman–Crippen MR) is 558 cm³/mol. The van der Waals surface area contributed by atoms with E-state index in [4.69, 9.17) is 103 Å². The number of esters is 9. The fourth-order valence-corrected chi connectivity index (χ4v) is 14.7. The van der Waals surface area contributed by atoms with E-state index in [1.165, 1.54) is 0 Å². The van der Waals surface area contributed by atoms with Crippen LogP contribution in [0.15, 0.2) is 0 Å². The first-order chi connectivity index (χ1) is 70.7. The Kier molecular flexibility index (Phi) is 111. The Morgan fingerprint density at radius 2 is 0.215 bits per heavy atom. The van der Waals surface area contributed by atoms with Crippen molar-refractivity contribution >= 4 is 65.3 Å². The van der Waals surface area contributed by atoms with E-state index in [9.17, 15) is 52.7 Å². The standard InChI is InChI=1S/C114H200O30/c1-3-5-7-9-22-66-106(117)138-97-35-13-26-70-110(121)142-101-39-17-28-72-112(123)140-99-37-15-24-68-108(119)136-95-33-11-20-62-104(115)64-31-42-75-126-77-44-46-79-128-81-48-50-83-130-85-52-54-87-132-89-56-58-91-134-93-60-61-94-135-92-59-57-90-133-88-55-53-86-131-84-51-49-82-129-80-47-45-78-127-76-43-32-65-105(116)63-21-12-34-96-137-109(120)69-25-16-38-100-141-113(124)73-29-19-41-103-144-114(125)74-30-18-40-102-143-111(122)71-27-14-36-98-139-107(118)67-23-10-8-6-4-2/h1-2H,5-103H2. The molecule has 0 heterocycles. The summed E-state index contributed by atoms with van der Waals surface area (Å²) in [5.41, 5.74) is 0. The molecule has 836 valence electrons. The number of hydrogen-bond acceptors (Lipinski definition) is 30. The van der Waals surface area contributed by atoms with Gasteiger partial charge in [0.25, 0.3) is 0 Å². The van der Waals surface area contributed by atoms with Gasteiger partial charge in [-0.05, 0) is 340 Å². The second-order valence-electron chi connectivity index (χ2n) is 37.3. The minimum absolute atomic E-state index is 0.187. The summed E-state index contributed by atoms with van der Waals surface area (Å²) in [7, 11) is 0. The van der Waals surface area contributed by atoms with Crippen LogP contribution in [0.1, 0.15) is 449 Å². The third kappa shape index (κ3) is 116. The molecule has 0 aromatic carbocycles. The molecule has 0 saturated heterocycles. The lowest BCUT2D eigenvalue weighted by Crippen LogP contribution is -2.08. The highest BCUT2D eigenvalue weighted by Gasteiger charge is 2.15. The largest absolute Gasteiger partial charge is 0.466 e. The first-order valence-electron chi connectivity index (χ1n) is 56.8. The van der Waals surface area contributed by atoms with E-state index in [0.717, 1.165) is 382 Å². The highest BCUT2D eigenvalue weighted by atomic mass is 16.6. The zero-order chi connectivity index (χ0) is 104. The van der Waals surface area contributed by atoms with Gasteiger partial charge in [0.2, 0.25) is 0 Å². The van der Waals surface area contributed by atoms with E-state index in [1.807, 2.05) is 0 Å². The van der Waals surface area contributed by atoms with Crippen LogP contribution in [-0.4, -0.2) is 257 Å². The topological polar surface area (TPSA) is 363 Å². The van der Waals surface area contributed by atoms with Crippen molar-refractivity contribution in [2.75, 3.05) is 192 Å². The fourth-order valence-electron chi connectivity index (χ4n) is 14.7. The Balaban J connectivity index is 3.30. The molecule has 30 nitrogen and oxygen atoms in total. The molecule has 0 N–H and O–H groups in total. The zero-order valence-electron chi connectivity index (χ0n) is 89.9. The van der Waals surface area contributed by atoms with Gasteiger partial charge in [0.15, 0.2) is 0 Å². The van der Waals surface area contributed by atoms with Gasteiger partial charge in [-0.1, -0.05) is 12.8 Å². The molecular formula is C114H200O30. The molecular weight excluding hydrogens is 1850 g/mol. The Morgan fingerprint density at radius 1 is 0.118 bits per heavy atom. The Morgan fingerprint density at radius 3 is 0.340 bits per heavy atom. The van der Waals surface area contributed by atoms with Gasteiger partial charge in [-0.3, -0.25) is 52.7 Å². The van der Waals surface area contributed by atoms with Crippen molar-refractivity contribution < 1.29 is 143 Å². The van der Waals surface area contributed by atoms with E-state index >= 15 is 0 Å². The van der Waals surface area contributed by atoms with Crippen molar-refractivity contribution in [3.8, 4) is 24.7 Å². The Labute approximate surface area is 869 Å². The average molecular weight is 2050 g/mol. The second-order valence-corrected chi connectivity index (χ2v) is 37.3. The Bertz CT molecular complexity index is 3000. The summed E-state index contributed by atoms with van der Waals surface area (Å²) in [6.45, 7) is 17.9. The van der Waals surface area contributed by atoms with Gasteiger partial charge in [-0.15, -0.1) is 24.7 Å². The van der Waals surface area contributed by atoms with Gasteiger partial charge < -0.3 is 90.0 Å². The quantitative estimate of drug-likeness (QED) is 0.0236. The molecule has 0 aromatic heterocycles. The number of carbonyl (C=O) groups excluding carboxylic acids is 11. The maximum absolute atomic E-state index is 12.4. The minimum Gasteiger partial charge on any atom is -0.466 e. The molecule has 0 aliphatic carbocycles. The fraction of sp³-hybridized carbons (Fsp3) is 0.868. The maximum atomic E-state index is 12.4. The van der Waals surface area contributed by atoms with Crippen LogP contribution in [0.3, 0.4) is 0 Å². The number of ether oxygens (including phenoxy) is 19. The van der Waals surface area contributed by atoms with Crippen LogP contribution in [0, 0.1) is 24.7 Å². The monoisotopic (exact) mass is 2050 g/mol. The number of Topliss-reactive ketones (excluding diaryl/α,β-unsaturated/α-hetero) is 2. The zero-order valence-corrected chi connectivity index (χ0v) is 89.9. The summed E-state index contributed by atoms with van der Waals surface area (Å²) in [6.07, 6.45) is 63.3. The van der Waals surface area contributed by atoms with Crippen LogP contribution >= 0.6 is 0 Å². The van der Waals surface area contributed by atoms with Gasteiger partial charge >= 0.3 is 53.7 Å². The van der Waals surface area contributed by atoms with E-state index in [2.05, 4.69) is 11.8 Å². The molecule has 0 fully saturated rings. The number of carbonyl (C=O) groups is 11. The number of hydrogen-bond donors (Lipinski definition) is 0. The molecule has 0 spiro atoms. The molecule has 0 bridgehead atoms. The number of unbranched alkanes of at least 4 members (excludes halogenated alkanes) is 35. The molecule has 0 aliphatic heterocycles. The molecule has 0 atom stereocenters. The first-order valence-corrected chi connectivity index (χ1v) is 56.8. The van der Waals surface area contributed by atoms with Gasteiger partial charge in [0, 0.05) is 228 Å². The van der Waals surface area contributed by atoms with Gasteiger partial charge in [-0.2, -0.15) is 0 Å². The highest BCUT2D eigenvalue weighted by Crippen LogP contribution is 2.17. The van der Waals surface area contributed by atoms with Gasteiger partial charge in [0.1, 0.15) is 11.6 Å². The van der Waals surface area contributed by atoms with Crippen molar-refractivity contribution in [2.24, 2.45) is 0 Å². The van der Waals surface area contributed by atoms with E-state index in [1.54, 1.807) is 0 Å². The lowest BCUT2D eigenvalue weighted by atomic mass is 10.1. The van der Waals surface area contributed by atoms with Crippen LogP contribution < -0.4 is 0 Å². The highest BCUT2D eigenvalue weighted by molar-refractivity contribution is 5.79. The molecule has 0 amide bonds. The Hall–Kier alpha value is -6.71. The van der Waals surface area contributed by atoms with Crippen LogP contribution in [0.2, 0.25) is 0 Å². The minimum atomic E-state index is -0.257. The third-order valence-electron chi connectivity index (χ3n) is 23.6. The molecule has 30 heteroatoms. The molecule has 144 heavy (non-hydrogen) atoms. The summed E-state index contributed by atoms with van der Waals surface area (Å²) < 4.78 is 106. The number of terminal acetylenes is 2. The van der Waals surface area contributed by atoms with Gasteiger partial charge in [0.05, 0.1) is 59.5 Å². The van der Waals surface area contributed by atoms with E-state index in [0.29, 0.717) is 259 Å². The summed E-state index contributed by atoms with van der Waals surface area (Å²) >= 11 is 0. The lowest BCUT2D eigenvalue weighted by Gasteiger charge is -2.08. The van der Waals surface area contributed by atoms with Crippen molar-refractivity contribution in [3.63, 3.8) is 0 Å². The molecule has 0 aromatic rings. The van der Waals surface area contributed by atoms with Crippen LogP contribution in [-0.2, 0) is 143 Å². The molecule has 0 rings (SSSR count). The lowest BCUT2D eigenvalue weighted by molar-refractivity contribution is -0.145. The number of rotatable bonds is 119. The average Bonchev–Trinajstić information content (AvgIpc) is 1.04. The smallest absolute Gasteiger partial charge is 0.305 e. The maximum Gasteiger partial charge on any atom is 0.305 e. The van der Waals surface area contributed by atoms with Crippen LogP contribution in [0.25, 0.3) is 0 Å². The van der Waals surface area contributed by atoms with Crippen LogP contribution in [0.5, 0.6) is 0 Å². The second kappa shape index (κ2) is 117. The number of ketones is 2. The van der Waals surface area contributed by atoms with Crippen molar-refractivity contribution in [2.45, 2.75) is 449 Å². The molecule has 0 radical (unpaired) electrons. The molecule has 0 saturated carbocycles. The summed E-state index contributed by atoms with van der Waals surface area (Å²) in [5.74, 6) is 3.65. The van der Waals surface area contributed by atoms with Crippen molar-refractivity contribution in [3.05, 3.63) is 0 Å². The summed E-state index contributed by atoms with van der Waals surface area (Å²) in [5, 5.41) is 0. The SMILES string of the molecule is C#CCCCCCC(=O)OCCCCCC(=O)OCCCCCC(=O)OCCCCCC(=O)OCCCCCC(=O)CCCCOCCCCOCCCCOCCCCOCCCCOCCCCOCCCCOCCCCOCCCCOCCCCOCCCCC(=O)CCCCCOC(=O)CCCCCOC(=O)CCCCCOC(=O)CCCCCOC(=O)CCCCCOC(=O)CCCCCC#C. The van der Waals surface area contributed by atoms with Crippen LogP contribution in [0.4, 0.5) is 0 Å². The van der Waals surface area contributed by atoms with Crippen molar-refractivity contribution in [1.29, 1.82) is 0 Å². The van der Waals surface area contributed by atoms with E-state index in [-0.39, 0.29) is 65.3 Å². The van der Waals surface area contributed by atoms with Crippen molar-refractivity contribution in [1.82, 2.24) is 0 Å². The summed E-state index contributed by atoms with van der Waals surface area (Å²) in [6, 6.07) is 0.